The molecule has 0 heterocycles. The van der Waals surface area contributed by atoms with E-state index in [4.69, 9.17) is 0 Å². The van der Waals surface area contributed by atoms with Gasteiger partial charge < -0.3 is 0 Å². The van der Waals surface area contributed by atoms with Crippen LogP contribution in [0.15, 0.2) is 267 Å². The minimum Gasteiger partial charge on any atom is -0.0683 e. The average Bonchev–Trinajstić information content (AvgIpc) is 0.836. The molecule has 0 heteroatoms. The third-order valence-corrected chi connectivity index (χ3v) is 13.8. The minimum absolute atomic E-state index is 0.196. The van der Waals surface area contributed by atoms with E-state index in [1.165, 1.54) is 89.0 Å². The number of hydrogen-bond donors (Lipinski definition) is 0. The van der Waals surface area contributed by atoms with Crippen molar-refractivity contribution in [2.45, 2.75) is 465 Å². The molecule has 0 fully saturated rings. The van der Waals surface area contributed by atoms with Gasteiger partial charge in [0, 0.05) is 0 Å². The van der Waals surface area contributed by atoms with Gasteiger partial charge in [-0.1, -0.05) is 704 Å². The van der Waals surface area contributed by atoms with Gasteiger partial charge in [0.1, 0.15) is 0 Å². The highest BCUT2D eigenvalue weighted by atomic mass is 14.2. The van der Waals surface area contributed by atoms with Crippen molar-refractivity contribution in [2.24, 2.45) is 43.3 Å². The van der Waals surface area contributed by atoms with Crippen molar-refractivity contribution >= 4 is 0 Å². The Kier molecular flexibility index (Phi) is 93.8. The standard InChI is InChI=1S/2C20H26.2C18H14.8C5H12.10C2H6/c1-19(2,3)17-11-7-15(8-12-17)16-9-13-18(14-10-16)20(4,5)6;1-19(2,3)17-12-10-15(11-13-17)16-8-7-9-18(14-16)20(4,5)6;1-3-9-15(10-4-1)17-13-7-8-14-18(17)16-11-5-2-6-12-16;1-3-8-15(9-4-1)17-12-7-13-18(14-17)16-10-5-2-6-11-16;8*1-5(2,3)4;10*1-2/h2*7-14H,1-6H3;2*1-14H;8*1-4H3;10*1-2H3. The van der Waals surface area contributed by atoms with Crippen LogP contribution < -0.4 is 0 Å². The van der Waals surface area contributed by atoms with Gasteiger partial charge >= 0.3 is 0 Å². The molecule has 0 aliphatic heterocycles. The summed E-state index contributed by atoms with van der Waals surface area (Å²) < 4.78 is 0. The molecule has 10 aromatic rings. The Balaban J connectivity index is -0.000000126. The summed E-state index contributed by atoms with van der Waals surface area (Å²) in [5.41, 5.74) is 25.7. The summed E-state index contributed by atoms with van der Waals surface area (Å²) in [5.74, 6) is 0. The Morgan fingerprint density at radius 2 is 0.228 bits per heavy atom. The Morgan fingerprint density at radius 1 is 0.103 bits per heavy atom. The van der Waals surface area contributed by atoms with Crippen LogP contribution in [0.5, 0.6) is 0 Å². The molecule has 0 aromatic heterocycles. The van der Waals surface area contributed by atoms with Gasteiger partial charge in [-0.2, -0.15) is 0 Å². The molecule has 0 spiro atoms. The predicted molar refractivity (Wildman–Crippen MR) is 648 cm³/mol. The molecule has 0 atom stereocenters. The summed E-state index contributed by atoms with van der Waals surface area (Å²) in [6, 6.07) is 95.0. The third kappa shape index (κ3) is 111. The molecule has 136 heavy (non-hydrogen) atoms. The first-order chi connectivity index (χ1) is 62.2. The summed E-state index contributed by atoms with van der Waals surface area (Å²) in [6.07, 6.45) is 0. The molecule has 0 amide bonds. The first-order valence-electron chi connectivity index (χ1n) is 53.1. The van der Waals surface area contributed by atoms with Crippen molar-refractivity contribution in [1.82, 2.24) is 0 Å². The van der Waals surface area contributed by atoms with Crippen molar-refractivity contribution < 1.29 is 0 Å². The normalized spacial score (nSPS) is 10.4. The molecule has 0 bridgehead atoms. The molecule has 0 aliphatic carbocycles. The molecule has 0 unspecified atom stereocenters. The van der Waals surface area contributed by atoms with Crippen molar-refractivity contribution in [1.29, 1.82) is 0 Å². The lowest BCUT2D eigenvalue weighted by atomic mass is 9.84. The maximum absolute atomic E-state index is 2.31. The van der Waals surface area contributed by atoms with E-state index < -0.39 is 0 Å². The van der Waals surface area contributed by atoms with E-state index in [9.17, 15) is 0 Å². The molecular formula is C136H236. The summed E-state index contributed by atoms with van der Waals surface area (Å²) in [4.78, 5) is 0. The molecule has 0 N–H and O–H groups in total. The van der Waals surface area contributed by atoms with Gasteiger partial charge in [-0.3, -0.25) is 0 Å². The van der Waals surface area contributed by atoms with Crippen LogP contribution in [0.25, 0.3) is 66.8 Å². The molecule has 10 aromatic carbocycles. The maximum atomic E-state index is 2.31. The van der Waals surface area contributed by atoms with E-state index in [1.54, 1.807) is 0 Å². The second-order valence-corrected chi connectivity index (χ2v) is 47.9. The molecule has 0 radical (unpaired) electrons. The summed E-state index contributed by atoms with van der Waals surface area (Å²) in [7, 11) is 0. The van der Waals surface area contributed by atoms with Crippen LogP contribution >= 0.6 is 0 Å². The molecule has 0 nitrogen and oxygen atoms in total. The Bertz CT molecular complexity index is 3770. The highest BCUT2D eigenvalue weighted by Gasteiger charge is 2.18. The van der Waals surface area contributed by atoms with E-state index in [0.29, 0.717) is 43.3 Å². The van der Waals surface area contributed by atoms with Crippen molar-refractivity contribution in [3.05, 3.63) is 289 Å². The van der Waals surface area contributed by atoms with Gasteiger partial charge in [0.25, 0.3) is 0 Å². The highest BCUT2D eigenvalue weighted by molar-refractivity contribution is 5.83. The van der Waals surface area contributed by atoms with Crippen LogP contribution in [0, 0.1) is 43.3 Å². The van der Waals surface area contributed by atoms with Gasteiger partial charge in [0.05, 0.1) is 0 Å². The van der Waals surface area contributed by atoms with Crippen molar-refractivity contribution in [3.8, 4) is 66.8 Å². The van der Waals surface area contributed by atoms with Crippen molar-refractivity contribution in [2.75, 3.05) is 0 Å². The quantitative estimate of drug-likeness (QED) is 0.156. The van der Waals surface area contributed by atoms with Gasteiger partial charge in [-0.05, 0) is 160 Å². The zero-order valence-corrected chi connectivity index (χ0v) is 103. The monoisotopic (exact) mass is 1870 g/mol. The summed E-state index contributed by atoms with van der Waals surface area (Å²) in [6.45, 7) is 137. The van der Waals surface area contributed by atoms with Crippen LogP contribution in [0.2, 0.25) is 0 Å². The molecule has 0 aliphatic rings. The van der Waals surface area contributed by atoms with Crippen LogP contribution in [-0.4, -0.2) is 0 Å². The summed E-state index contributed by atoms with van der Waals surface area (Å²) in [5, 5.41) is 0. The smallest absolute Gasteiger partial charge is 0.0105 e. The number of benzene rings is 10. The number of rotatable bonds is 6. The average molecular weight is 1870 g/mol. The third-order valence-electron chi connectivity index (χ3n) is 13.8. The van der Waals surface area contributed by atoms with Gasteiger partial charge in [0.15, 0.2) is 0 Å². The van der Waals surface area contributed by atoms with Gasteiger partial charge in [-0.25, -0.2) is 0 Å². The molecule has 0 saturated heterocycles. The second-order valence-electron chi connectivity index (χ2n) is 47.9. The first kappa shape index (κ1) is 154. The zero-order valence-electron chi connectivity index (χ0n) is 103. The summed E-state index contributed by atoms with van der Waals surface area (Å²) >= 11 is 0. The highest BCUT2D eigenvalue weighted by Crippen LogP contribution is 2.35. The Morgan fingerprint density at radius 3 is 0.397 bits per heavy atom. The second kappa shape index (κ2) is 83.0. The fraction of sp³-hybridized carbons (Fsp3) is 0.559. The van der Waals surface area contributed by atoms with Crippen LogP contribution in [0.1, 0.15) is 465 Å². The Hall–Kier alpha value is -7.80. The topological polar surface area (TPSA) is 0 Å². The molecule has 0 saturated carbocycles. The van der Waals surface area contributed by atoms with Gasteiger partial charge in [-0.15, -0.1) is 0 Å². The lowest BCUT2D eigenvalue weighted by Gasteiger charge is -2.21. The van der Waals surface area contributed by atoms with Crippen LogP contribution in [0.3, 0.4) is 0 Å². The van der Waals surface area contributed by atoms with E-state index >= 15 is 0 Å². The van der Waals surface area contributed by atoms with E-state index in [0.717, 1.165) is 0 Å². The maximum Gasteiger partial charge on any atom is -0.0105 e. The molecule has 780 valence electrons. The zero-order chi connectivity index (χ0) is 110. The lowest BCUT2D eigenvalue weighted by Crippen LogP contribution is -2.11. The van der Waals surface area contributed by atoms with E-state index in [-0.39, 0.29) is 21.7 Å². The first-order valence-corrected chi connectivity index (χ1v) is 53.1. The van der Waals surface area contributed by atoms with E-state index in [2.05, 4.69) is 559 Å². The van der Waals surface area contributed by atoms with Crippen molar-refractivity contribution in [3.63, 3.8) is 0 Å². The molecular weight excluding hydrogens is 1630 g/mol. The number of hydrogen-bond acceptors (Lipinski definition) is 0. The fourth-order valence-electron chi connectivity index (χ4n) is 9.01. The van der Waals surface area contributed by atoms with E-state index in [1.807, 2.05) is 151 Å². The van der Waals surface area contributed by atoms with Crippen LogP contribution in [-0.2, 0) is 21.7 Å². The van der Waals surface area contributed by atoms with Gasteiger partial charge in [0.2, 0.25) is 0 Å². The fourth-order valence-corrected chi connectivity index (χ4v) is 9.01. The Labute approximate surface area is 858 Å². The predicted octanol–water partition coefficient (Wildman–Crippen LogP) is 48.6. The van der Waals surface area contributed by atoms with Crippen LogP contribution in [0.4, 0.5) is 0 Å². The minimum atomic E-state index is 0.196. The largest absolute Gasteiger partial charge is 0.0683 e. The molecule has 10 rings (SSSR count). The SMILES string of the molecule is CC.CC.CC.CC.CC.CC.CC.CC.CC.CC.CC(C)(C)C.CC(C)(C)C.CC(C)(C)C.CC(C)(C)C.CC(C)(C)C.CC(C)(C)C.CC(C)(C)C.CC(C)(C)C.CC(C)(C)c1ccc(-c2ccc(C(C)(C)C)cc2)cc1.CC(C)(C)c1ccc(-c2cccc(C(C)(C)C)c2)cc1.c1ccc(-c2cccc(-c3ccccc3)c2)cc1.c1ccc(-c2ccccc2-c2ccccc2)cc1. The lowest BCUT2D eigenvalue weighted by molar-refractivity contribution is 0.469.